The molecule has 1 aromatic rings. The number of halogens is 1. The highest BCUT2D eigenvalue weighted by molar-refractivity contribution is 7.07. The Morgan fingerprint density at radius 1 is 1.62 bits per heavy atom. The molecular weight excluding hydrogens is 206 g/mol. The van der Waals surface area contributed by atoms with Gasteiger partial charge in [-0.05, 0) is 28.8 Å². The summed E-state index contributed by atoms with van der Waals surface area (Å²) in [6, 6.07) is 1.96. The lowest BCUT2D eigenvalue weighted by Gasteiger charge is -2.01. The second-order valence-corrected chi connectivity index (χ2v) is 3.86. The first-order chi connectivity index (χ1) is 6.33. The van der Waals surface area contributed by atoms with E-state index in [0.717, 1.165) is 12.0 Å². The van der Waals surface area contributed by atoms with Crippen LogP contribution < -0.4 is 5.32 Å². The summed E-state index contributed by atoms with van der Waals surface area (Å²) in [6.45, 7) is 0.673. The van der Waals surface area contributed by atoms with E-state index in [1.54, 1.807) is 11.3 Å². The van der Waals surface area contributed by atoms with Gasteiger partial charge in [-0.25, -0.2) is 0 Å². The molecule has 0 atom stereocenters. The lowest BCUT2D eigenvalue weighted by molar-refractivity contribution is -0.120. The molecule has 0 unspecified atom stereocenters. The monoisotopic (exact) mass is 217 g/mol. The molecule has 0 aromatic carbocycles. The average molecular weight is 218 g/mol. The Balaban J connectivity index is 2.18. The van der Waals surface area contributed by atoms with Crippen LogP contribution in [0, 0.1) is 0 Å². The van der Waals surface area contributed by atoms with E-state index < -0.39 is 0 Å². The van der Waals surface area contributed by atoms with Crippen molar-refractivity contribution in [3.8, 4) is 0 Å². The predicted octanol–water partition coefficient (Wildman–Crippen LogP) is 2.04. The summed E-state index contributed by atoms with van der Waals surface area (Å²) >= 11 is 7.09. The van der Waals surface area contributed by atoms with Crippen molar-refractivity contribution in [3.05, 3.63) is 22.4 Å². The van der Waals surface area contributed by atoms with E-state index in [4.69, 9.17) is 11.6 Å². The zero-order valence-electron chi connectivity index (χ0n) is 7.25. The number of amides is 1. The van der Waals surface area contributed by atoms with E-state index in [2.05, 4.69) is 5.32 Å². The molecule has 2 nitrogen and oxygen atoms in total. The van der Waals surface area contributed by atoms with Crippen LogP contribution in [0.1, 0.15) is 12.0 Å². The van der Waals surface area contributed by atoms with Gasteiger partial charge < -0.3 is 5.32 Å². The summed E-state index contributed by atoms with van der Waals surface area (Å²) in [4.78, 5) is 11.2. The van der Waals surface area contributed by atoms with Crippen molar-refractivity contribution in [2.45, 2.75) is 12.8 Å². The SMILES string of the molecule is O=C(Cc1ccsc1)NCCCCl. The van der Waals surface area contributed by atoms with Crippen LogP contribution in [0.15, 0.2) is 16.8 Å². The van der Waals surface area contributed by atoms with Gasteiger partial charge in [-0.3, -0.25) is 4.79 Å². The molecule has 1 heterocycles. The van der Waals surface area contributed by atoms with Crippen molar-refractivity contribution in [1.82, 2.24) is 5.32 Å². The third kappa shape index (κ3) is 4.29. The van der Waals surface area contributed by atoms with Gasteiger partial charge in [0.1, 0.15) is 0 Å². The van der Waals surface area contributed by atoms with Crippen LogP contribution in [0.2, 0.25) is 0 Å². The lowest BCUT2D eigenvalue weighted by atomic mass is 10.2. The molecule has 0 aliphatic carbocycles. The molecule has 1 aromatic heterocycles. The molecule has 1 amide bonds. The Morgan fingerprint density at radius 3 is 3.08 bits per heavy atom. The molecule has 0 spiro atoms. The second-order valence-electron chi connectivity index (χ2n) is 2.70. The zero-order chi connectivity index (χ0) is 9.52. The highest BCUT2D eigenvalue weighted by Gasteiger charge is 2.01. The molecule has 0 radical (unpaired) electrons. The molecule has 1 rings (SSSR count). The summed E-state index contributed by atoms with van der Waals surface area (Å²) in [5.74, 6) is 0.669. The molecule has 0 bridgehead atoms. The van der Waals surface area contributed by atoms with Gasteiger partial charge in [-0.1, -0.05) is 0 Å². The maximum atomic E-state index is 11.2. The Morgan fingerprint density at radius 2 is 2.46 bits per heavy atom. The summed E-state index contributed by atoms with van der Waals surface area (Å²) in [6.07, 6.45) is 1.31. The largest absolute Gasteiger partial charge is 0.356 e. The van der Waals surface area contributed by atoms with E-state index in [1.165, 1.54) is 0 Å². The maximum absolute atomic E-state index is 11.2. The Kier molecular flexibility index (Phi) is 4.86. The van der Waals surface area contributed by atoms with Crippen LogP contribution in [0.3, 0.4) is 0 Å². The number of thiophene rings is 1. The molecule has 0 fully saturated rings. The molecule has 0 aliphatic rings. The second kappa shape index (κ2) is 6.00. The smallest absolute Gasteiger partial charge is 0.224 e. The van der Waals surface area contributed by atoms with Gasteiger partial charge >= 0.3 is 0 Å². The standard InChI is InChI=1S/C9H12ClNOS/c10-3-1-4-11-9(12)6-8-2-5-13-7-8/h2,5,7H,1,3-4,6H2,(H,11,12). The number of nitrogens with one attached hydrogen (secondary N) is 1. The molecular formula is C9H12ClNOS. The van der Waals surface area contributed by atoms with Gasteiger partial charge in [0.05, 0.1) is 6.42 Å². The highest BCUT2D eigenvalue weighted by Crippen LogP contribution is 2.06. The minimum atomic E-state index is 0.0727. The average Bonchev–Trinajstić information content (AvgIpc) is 2.57. The van der Waals surface area contributed by atoms with E-state index in [9.17, 15) is 4.79 Å². The number of rotatable bonds is 5. The fourth-order valence-electron chi connectivity index (χ4n) is 0.936. The predicted molar refractivity (Wildman–Crippen MR) is 56.4 cm³/mol. The number of hydrogen-bond acceptors (Lipinski definition) is 2. The van der Waals surface area contributed by atoms with E-state index >= 15 is 0 Å². The Labute approximate surface area is 86.9 Å². The highest BCUT2D eigenvalue weighted by atomic mass is 35.5. The number of carbonyl (C=O) groups is 1. The molecule has 4 heteroatoms. The van der Waals surface area contributed by atoms with E-state index in [1.807, 2.05) is 16.8 Å². The summed E-state index contributed by atoms with van der Waals surface area (Å²) in [5, 5.41) is 6.76. The molecule has 1 N–H and O–H groups in total. The molecule has 0 saturated heterocycles. The minimum Gasteiger partial charge on any atom is -0.356 e. The third-order valence-electron chi connectivity index (χ3n) is 1.58. The number of carbonyl (C=O) groups excluding carboxylic acids is 1. The van der Waals surface area contributed by atoms with Gasteiger partial charge in [0.2, 0.25) is 5.91 Å². The third-order valence-corrected chi connectivity index (χ3v) is 2.58. The quantitative estimate of drug-likeness (QED) is 0.594. The van der Waals surface area contributed by atoms with Crippen LogP contribution in [-0.4, -0.2) is 18.3 Å². The van der Waals surface area contributed by atoms with Gasteiger partial charge in [-0.2, -0.15) is 11.3 Å². The summed E-state index contributed by atoms with van der Waals surface area (Å²) < 4.78 is 0. The first kappa shape index (κ1) is 10.5. The van der Waals surface area contributed by atoms with Gasteiger partial charge in [0.25, 0.3) is 0 Å². The van der Waals surface area contributed by atoms with Crippen molar-refractivity contribution in [2.75, 3.05) is 12.4 Å². The van der Waals surface area contributed by atoms with Crippen LogP contribution >= 0.6 is 22.9 Å². The van der Waals surface area contributed by atoms with Gasteiger partial charge in [0.15, 0.2) is 0 Å². The first-order valence-corrected chi connectivity index (χ1v) is 5.64. The molecule has 13 heavy (non-hydrogen) atoms. The maximum Gasteiger partial charge on any atom is 0.224 e. The van der Waals surface area contributed by atoms with E-state index in [0.29, 0.717) is 18.8 Å². The molecule has 0 saturated carbocycles. The van der Waals surface area contributed by atoms with Gasteiger partial charge in [-0.15, -0.1) is 11.6 Å². The van der Waals surface area contributed by atoms with Crippen molar-refractivity contribution in [2.24, 2.45) is 0 Å². The number of alkyl halides is 1. The summed E-state index contributed by atoms with van der Waals surface area (Å²) in [5.41, 5.74) is 1.08. The fourth-order valence-corrected chi connectivity index (χ4v) is 1.74. The van der Waals surface area contributed by atoms with Crippen molar-refractivity contribution < 1.29 is 4.79 Å². The molecule has 72 valence electrons. The van der Waals surface area contributed by atoms with Crippen LogP contribution in [0.4, 0.5) is 0 Å². The van der Waals surface area contributed by atoms with Crippen molar-refractivity contribution in [3.63, 3.8) is 0 Å². The number of hydrogen-bond donors (Lipinski definition) is 1. The normalized spacial score (nSPS) is 9.92. The van der Waals surface area contributed by atoms with Crippen LogP contribution in [-0.2, 0) is 11.2 Å². The minimum absolute atomic E-state index is 0.0727. The van der Waals surface area contributed by atoms with Crippen LogP contribution in [0.25, 0.3) is 0 Å². The van der Waals surface area contributed by atoms with Crippen molar-refractivity contribution >= 4 is 28.8 Å². The fraction of sp³-hybridized carbons (Fsp3) is 0.444. The van der Waals surface area contributed by atoms with E-state index in [-0.39, 0.29) is 5.91 Å². The van der Waals surface area contributed by atoms with Crippen molar-refractivity contribution in [1.29, 1.82) is 0 Å². The van der Waals surface area contributed by atoms with Gasteiger partial charge in [0, 0.05) is 12.4 Å². The molecule has 0 aliphatic heterocycles. The topological polar surface area (TPSA) is 29.1 Å². The zero-order valence-corrected chi connectivity index (χ0v) is 8.83. The Hall–Kier alpha value is -0.540. The lowest BCUT2D eigenvalue weighted by Crippen LogP contribution is -2.26. The summed E-state index contributed by atoms with van der Waals surface area (Å²) in [7, 11) is 0. The first-order valence-electron chi connectivity index (χ1n) is 4.16. The Bertz CT molecular complexity index is 248. The van der Waals surface area contributed by atoms with Crippen LogP contribution in [0.5, 0.6) is 0 Å².